The molecule has 0 spiro atoms. The van der Waals surface area contributed by atoms with Crippen LogP contribution >= 0.6 is 15.9 Å². The number of amides is 2. The zero-order valence-electron chi connectivity index (χ0n) is 14.0. The van der Waals surface area contributed by atoms with Crippen molar-refractivity contribution >= 4 is 27.7 Å². The average molecular weight is 419 g/mol. The monoisotopic (exact) mass is 418 g/mol. The summed E-state index contributed by atoms with van der Waals surface area (Å²) in [5, 5.41) is 22.1. The molecule has 136 valence electrons. The lowest BCUT2D eigenvalue weighted by molar-refractivity contribution is 0.0697. The van der Waals surface area contributed by atoms with E-state index in [4.69, 9.17) is 0 Å². The normalized spacial score (nSPS) is 14.9. The van der Waals surface area contributed by atoms with Crippen LogP contribution in [0.15, 0.2) is 46.9 Å². The molecule has 0 atom stereocenters. The summed E-state index contributed by atoms with van der Waals surface area (Å²) in [6.07, 6.45) is 1.30. The number of rotatable bonds is 3. The van der Waals surface area contributed by atoms with Crippen molar-refractivity contribution in [2.24, 2.45) is 0 Å². The fourth-order valence-electron chi connectivity index (χ4n) is 3.03. The van der Waals surface area contributed by atoms with Crippen molar-refractivity contribution in [2.75, 3.05) is 13.1 Å². The van der Waals surface area contributed by atoms with Crippen LogP contribution in [0.3, 0.4) is 0 Å². The maximum Gasteiger partial charge on any atom is 0.254 e. The summed E-state index contributed by atoms with van der Waals surface area (Å²) in [4.78, 5) is 26.5. The van der Waals surface area contributed by atoms with Gasteiger partial charge in [0.15, 0.2) is 0 Å². The second-order valence-corrected chi connectivity index (χ2v) is 7.20. The molecule has 3 rings (SSSR count). The van der Waals surface area contributed by atoms with Crippen molar-refractivity contribution in [2.45, 2.75) is 18.9 Å². The Morgan fingerprint density at radius 2 is 1.65 bits per heavy atom. The van der Waals surface area contributed by atoms with Crippen molar-refractivity contribution in [3.8, 4) is 11.5 Å². The second-order valence-electron chi connectivity index (χ2n) is 6.29. The Balaban J connectivity index is 1.57. The van der Waals surface area contributed by atoms with Crippen molar-refractivity contribution in [1.82, 2.24) is 10.2 Å². The lowest BCUT2D eigenvalue weighted by Gasteiger charge is -2.32. The van der Waals surface area contributed by atoms with Crippen LogP contribution in [0.4, 0.5) is 0 Å². The van der Waals surface area contributed by atoms with Crippen LogP contribution in [0, 0.1) is 0 Å². The highest BCUT2D eigenvalue weighted by atomic mass is 79.9. The van der Waals surface area contributed by atoms with E-state index < -0.39 is 0 Å². The van der Waals surface area contributed by atoms with Gasteiger partial charge >= 0.3 is 0 Å². The molecule has 1 fully saturated rings. The van der Waals surface area contributed by atoms with E-state index in [1.54, 1.807) is 17.0 Å². The number of likely N-dealkylation sites (tertiary alicyclic amines) is 1. The summed E-state index contributed by atoms with van der Waals surface area (Å²) in [6, 6.07) is 11.1. The number of nitrogens with one attached hydrogen (secondary N) is 1. The Kier molecular flexibility index (Phi) is 5.46. The first-order chi connectivity index (χ1) is 12.4. The Morgan fingerprint density at radius 3 is 2.27 bits per heavy atom. The van der Waals surface area contributed by atoms with Crippen LogP contribution in [0.1, 0.15) is 33.6 Å². The zero-order chi connectivity index (χ0) is 18.7. The lowest BCUT2D eigenvalue weighted by Crippen LogP contribution is -2.46. The minimum Gasteiger partial charge on any atom is -0.508 e. The van der Waals surface area contributed by atoms with Gasteiger partial charge in [0.2, 0.25) is 0 Å². The molecule has 1 saturated heterocycles. The fraction of sp³-hybridized carbons (Fsp3) is 0.263. The molecule has 2 amide bonds. The predicted molar refractivity (Wildman–Crippen MR) is 100 cm³/mol. The van der Waals surface area contributed by atoms with Gasteiger partial charge in [-0.1, -0.05) is 22.0 Å². The third-order valence-corrected chi connectivity index (χ3v) is 4.85. The van der Waals surface area contributed by atoms with E-state index >= 15 is 0 Å². The Hall–Kier alpha value is -2.54. The lowest BCUT2D eigenvalue weighted by atomic mass is 10.0. The van der Waals surface area contributed by atoms with Crippen molar-refractivity contribution in [3.63, 3.8) is 0 Å². The number of aromatic hydroxyl groups is 2. The highest BCUT2D eigenvalue weighted by Gasteiger charge is 2.25. The van der Waals surface area contributed by atoms with Gasteiger partial charge in [-0.15, -0.1) is 0 Å². The molecule has 0 radical (unpaired) electrons. The first kappa shape index (κ1) is 18.3. The van der Waals surface area contributed by atoms with Crippen LogP contribution < -0.4 is 5.32 Å². The van der Waals surface area contributed by atoms with Gasteiger partial charge < -0.3 is 20.4 Å². The number of halogens is 1. The summed E-state index contributed by atoms with van der Waals surface area (Å²) in [5.41, 5.74) is 0.840. The van der Waals surface area contributed by atoms with E-state index in [2.05, 4.69) is 21.2 Å². The first-order valence-corrected chi connectivity index (χ1v) is 9.10. The van der Waals surface area contributed by atoms with E-state index in [9.17, 15) is 19.8 Å². The Bertz CT molecular complexity index is 812. The maximum absolute atomic E-state index is 12.5. The van der Waals surface area contributed by atoms with Crippen LogP contribution in [0.2, 0.25) is 0 Å². The summed E-state index contributed by atoms with van der Waals surface area (Å²) < 4.78 is 0.847. The van der Waals surface area contributed by atoms with E-state index in [0.717, 1.165) is 4.47 Å². The van der Waals surface area contributed by atoms with E-state index in [1.165, 1.54) is 18.2 Å². The van der Waals surface area contributed by atoms with Gasteiger partial charge in [0, 0.05) is 40.8 Å². The molecule has 6 nitrogen and oxygen atoms in total. The van der Waals surface area contributed by atoms with Gasteiger partial charge in [0.25, 0.3) is 11.8 Å². The van der Waals surface area contributed by atoms with Crippen LogP contribution in [-0.4, -0.2) is 46.1 Å². The Morgan fingerprint density at radius 1 is 1.00 bits per heavy atom. The number of benzene rings is 2. The quantitative estimate of drug-likeness (QED) is 0.714. The molecule has 0 aromatic heterocycles. The first-order valence-electron chi connectivity index (χ1n) is 8.31. The van der Waals surface area contributed by atoms with E-state index in [0.29, 0.717) is 31.5 Å². The average Bonchev–Trinajstić information content (AvgIpc) is 2.61. The van der Waals surface area contributed by atoms with Gasteiger partial charge in [-0.25, -0.2) is 0 Å². The SMILES string of the molecule is O=C(NC1CCN(C(=O)c2cc(O)cc(O)c2)CC1)c1cccc(Br)c1. The molecule has 7 heteroatoms. The van der Waals surface area contributed by atoms with Gasteiger partial charge in [0.1, 0.15) is 11.5 Å². The molecule has 1 heterocycles. The number of phenolic OH excluding ortho intramolecular Hbond substituents is 2. The number of carbonyl (C=O) groups excluding carboxylic acids is 2. The van der Waals surface area contributed by atoms with Crippen molar-refractivity contribution in [3.05, 3.63) is 58.1 Å². The molecule has 0 aliphatic carbocycles. The standard InChI is InChI=1S/C19H19BrN2O4/c20-14-3-1-2-12(8-14)18(25)21-15-4-6-22(7-5-15)19(26)13-9-16(23)11-17(24)10-13/h1-3,8-11,15,23-24H,4-7H2,(H,21,25). The molecule has 2 aromatic carbocycles. The predicted octanol–water partition coefficient (Wildman–Crippen LogP) is 2.89. The molecule has 2 aromatic rings. The Labute approximate surface area is 159 Å². The smallest absolute Gasteiger partial charge is 0.254 e. The van der Waals surface area contributed by atoms with E-state index in [1.807, 2.05) is 12.1 Å². The molecule has 1 aliphatic rings. The largest absolute Gasteiger partial charge is 0.508 e. The van der Waals surface area contributed by atoms with Gasteiger partial charge in [-0.05, 0) is 43.2 Å². The number of piperidine rings is 1. The number of carbonyl (C=O) groups is 2. The third-order valence-electron chi connectivity index (χ3n) is 4.35. The summed E-state index contributed by atoms with van der Waals surface area (Å²) in [6.45, 7) is 0.997. The van der Waals surface area contributed by atoms with Crippen LogP contribution in [-0.2, 0) is 0 Å². The zero-order valence-corrected chi connectivity index (χ0v) is 15.6. The summed E-state index contributed by atoms with van der Waals surface area (Å²) in [7, 11) is 0. The fourth-order valence-corrected chi connectivity index (χ4v) is 3.43. The van der Waals surface area contributed by atoms with Gasteiger partial charge in [-0.2, -0.15) is 0 Å². The highest BCUT2D eigenvalue weighted by molar-refractivity contribution is 9.10. The molecule has 3 N–H and O–H groups in total. The summed E-state index contributed by atoms with van der Waals surface area (Å²) >= 11 is 3.35. The topological polar surface area (TPSA) is 89.9 Å². The molecular formula is C19H19BrN2O4. The maximum atomic E-state index is 12.5. The molecule has 0 bridgehead atoms. The van der Waals surface area contributed by atoms with Crippen molar-refractivity contribution in [1.29, 1.82) is 0 Å². The minimum absolute atomic E-state index is 0.00288. The number of hydrogen-bond donors (Lipinski definition) is 3. The number of phenols is 2. The van der Waals surface area contributed by atoms with Gasteiger partial charge in [-0.3, -0.25) is 9.59 Å². The van der Waals surface area contributed by atoms with E-state index in [-0.39, 0.29) is 34.9 Å². The molecule has 0 saturated carbocycles. The van der Waals surface area contributed by atoms with Crippen molar-refractivity contribution < 1.29 is 19.8 Å². The molecule has 26 heavy (non-hydrogen) atoms. The molecule has 1 aliphatic heterocycles. The highest BCUT2D eigenvalue weighted by Crippen LogP contribution is 2.23. The molecule has 0 unspecified atom stereocenters. The second kappa shape index (κ2) is 7.78. The molecular weight excluding hydrogens is 400 g/mol. The van der Waals surface area contributed by atoms with Crippen LogP contribution in [0.25, 0.3) is 0 Å². The summed E-state index contributed by atoms with van der Waals surface area (Å²) in [5.74, 6) is -0.670. The third kappa shape index (κ3) is 4.35. The van der Waals surface area contributed by atoms with Gasteiger partial charge in [0.05, 0.1) is 0 Å². The van der Waals surface area contributed by atoms with Crippen LogP contribution in [0.5, 0.6) is 11.5 Å². The number of nitrogens with zero attached hydrogens (tertiary/aromatic N) is 1. The minimum atomic E-state index is -0.243. The number of hydrogen-bond acceptors (Lipinski definition) is 4.